The molecule has 2 aromatic rings. The smallest absolute Gasteiger partial charge is 0.355 e. The van der Waals surface area contributed by atoms with Crippen molar-refractivity contribution in [3.8, 4) is 5.75 Å². The van der Waals surface area contributed by atoms with Crippen LogP contribution in [0.1, 0.15) is 16.2 Å². The summed E-state index contributed by atoms with van der Waals surface area (Å²) in [5, 5.41) is 13.6. The topological polar surface area (TPSA) is 64.4 Å². The fourth-order valence-corrected chi connectivity index (χ4v) is 2.40. The molecule has 19 heavy (non-hydrogen) atoms. The lowest BCUT2D eigenvalue weighted by molar-refractivity contribution is 0.0684. The van der Waals surface area contributed by atoms with E-state index < -0.39 is 5.97 Å². The Labute approximate surface area is 122 Å². The predicted molar refractivity (Wildman–Crippen MR) is 73.7 cm³/mol. The number of nitrogens with zero attached hydrogens (tertiary/aromatic N) is 2. The summed E-state index contributed by atoms with van der Waals surface area (Å²) in [7, 11) is 1.56. The number of aromatic nitrogens is 2. The van der Waals surface area contributed by atoms with E-state index in [0.29, 0.717) is 20.9 Å². The average Bonchev–Trinajstić information content (AvgIpc) is 2.63. The van der Waals surface area contributed by atoms with Crippen molar-refractivity contribution in [1.82, 2.24) is 9.78 Å². The van der Waals surface area contributed by atoms with Gasteiger partial charge in [0.25, 0.3) is 0 Å². The highest BCUT2D eigenvalue weighted by molar-refractivity contribution is 9.10. The fourth-order valence-electron chi connectivity index (χ4n) is 1.59. The zero-order valence-electron chi connectivity index (χ0n) is 9.93. The summed E-state index contributed by atoms with van der Waals surface area (Å²) in [4.78, 5) is 11.0. The maximum Gasteiger partial charge on any atom is 0.355 e. The van der Waals surface area contributed by atoms with Crippen LogP contribution in [0.2, 0.25) is 5.02 Å². The molecule has 1 N–H and O–H groups in total. The van der Waals surface area contributed by atoms with Gasteiger partial charge < -0.3 is 9.84 Å². The van der Waals surface area contributed by atoms with Crippen LogP contribution in [0.5, 0.6) is 5.75 Å². The highest BCUT2D eigenvalue weighted by Gasteiger charge is 2.19. The number of hydrogen-bond donors (Lipinski definition) is 1. The van der Waals surface area contributed by atoms with Gasteiger partial charge in [-0.1, -0.05) is 23.7 Å². The number of carbonyl (C=O) groups is 1. The molecule has 1 heterocycles. The zero-order valence-corrected chi connectivity index (χ0v) is 12.3. The van der Waals surface area contributed by atoms with Gasteiger partial charge in [-0.15, -0.1) is 0 Å². The number of carboxylic acids is 1. The molecule has 5 nitrogen and oxygen atoms in total. The Balaban J connectivity index is 2.19. The van der Waals surface area contributed by atoms with E-state index in [2.05, 4.69) is 21.0 Å². The molecule has 100 valence electrons. The summed E-state index contributed by atoms with van der Waals surface area (Å²) in [5.74, 6) is -0.524. The van der Waals surface area contributed by atoms with E-state index in [1.54, 1.807) is 31.3 Å². The van der Waals surface area contributed by atoms with E-state index in [1.165, 1.54) is 4.68 Å². The molecule has 1 aromatic heterocycles. The van der Waals surface area contributed by atoms with Crippen molar-refractivity contribution in [2.75, 3.05) is 0 Å². The summed E-state index contributed by atoms with van der Waals surface area (Å²) in [5.41, 5.74) is 0.581. The first-order valence-electron chi connectivity index (χ1n) is 5.32. The van der Waals surface area contributed by atoms with Crippen LogP contribution in [0.25, 0.3) is 0 Å². The minimum absolute atomic E-state index is 0.0813. The van der Waals surface area contributed by atoms with Gasteiger partial charge in [0.05, 0.1) is 9.50 Å². The molecular formula is C12H10BrClN2O3. The van der Waals surface area contributed by atoms with Gasteiger partial charge >= 0.3 is 5.97 Å². The summed E-state index contributed by atoms with van der Waals surface area (Å²) >= 11 is 9.18. The summed E-state index contributed by atoms with van der Waals surface area (Å²) in [6.07, 6.45) is 0. The number of ether oxygens (including phenoxy) is 1. The molecule has 0 fully saturated rings. The fraction of sp³-hybridized carbons (Fsp3) is 0.167. The second-order valence-electron chi connectivity index (χ2n) is 3.76. The van der Waals surface area contributed by atoms with Gasteiger partial charge in [0.2, 0.25) is 0 Å². The molecule has 0 radical (unpaired) electrons. The quantitative estimate of drug-likeness (QED) is 0.925. The molecule has 0 spiro atoms. The van der Waals surface area contributed by atoms with Gasteiger partial charge in [0, 0.05) is 7.05 Å². The molecule has 0 aliphatic rings. The molecule has 0 atom stereocenters. The Morgan fingerprint density at radius 1 is 1.53 bits per heavy atom. The number of hydrogen-bond acceptors (Lipinski definition) is 3. The van der Waals surface area contributed by atoms with Gasteiger partial charge in [0.15, 0.2) is 5.69 Å². The number of rotatable bonds is 4. The van der Waals surface area contributed by atoms with Crippen molar-refractivity contribution in [2.24, 2.45) is 7.05 Å². The first-order chi connectivity index (χ1) is 9.00. The third-order valence-corrected chi connectivity index (χ3v) is 3.60. The maximum absolute atomic E-state index is 11.0. The van der Waals surface area contributed by atoms with Gasteiger partial charge in [-0.25, -0.2) is 4.79 Å². The SMILES string of the molecule is Cn1nc(COc2ccccc2Cl)c(Br)c1C(=O)O. The van der Waals surface area contributed by atoms with E-state index in [9.17, 15) is 4.79 Å². The Bertz CT molecular complexity index is 627. The number of halogens is 2. The van der Waals surface area contributed by atoms with E-state index >= 15 is 0 Å². The van der Waals surface area contributed by atoms with Crippen LogP contribution in [0.3, 0.4) is 0 Å². The van der Waals surface area contributed by atoms with Crippen molar-refractivity contribution in [3.63, 3.8) is 0 Å². The Morgan fingerprint density at radius 2 is 2.21 bits per heavy atom. The normalized spacial score (nSPS) is 10.5. The van der Waals surface area contributed by atoms with Gasteiger partial charge in [-0.05, 0) is 28.1 Å². The van der Waals surface area contributed by atoms with Gasteiger partial charge in [-0.2, -0.15) is 5.10 Å². The highest BCUT2D eigenvalue weighted by atomic mass is 79.9. The second-order valence-corrected chi connectivity index (χ2v) is 4.96. The molecule has 0 saturated heterocycles. The van der Waals surface area contributed by atoms with Crippen molar-refractivity contribution < 1.29 is 14.6 Å². The molecule has 2 rings (SSSR count). The van der Waals surface area contributed by atoms with Crippen molar-refractivity contribution >= 4 is 33.5 Å². The maximum atomic E-state index is 11.0. The summed E-state index contributed by atoms with van der Waals surface area (Å²) < 4.78 is 7.22. The average molecular weight is 346 g/mol. The minimum atomic E-state index is -1.05. The summed E-state index contributed by atoms with van der Waals surface area (Å²) in [6, 6.07) is 7.05. The molecule has 0 aliphatic heterocycles. The minimum Gasteiger partial charge on any atom is -0.486 e. The van der Waals surface area contributed by atoms with Crippen LogP contribution in [0.4, 0.5) is 0 Å². The van der Waals surface area contributed by atoms with Crippen molar-refractivity contribution in [2.45, 2.75) is 6.61 Å². The van der Waals surface area contributed by atoms with Crippen molar-refractivity contribution in [1.29, 1.82) is 0 Å². The summed E-state index contributed by atoms with van der Waals surface area (Å²) in [6.45, 7) is 0.130. The van der Waals surface area contributed by atoms with E-state index in [-0.39, 0.29) is 12.3 Å². The third kappa shape index (κ3) is 2.90. The van der Waals surface area contributed by atoms with Crippen molar-refractivity contribution in [3.05, 3.63) is 45.1 Å². The molecular weight excluding hydrogens is 336 g/mol. The first-order valence-corrected chi connectivity index (χ1v) is 6.49. The van der Waals surface area contributed by atoms with E-state index in [4.69, 9.17) is 21.4 Å². The lowest BCUT2D eigenvalue weighted by atomic mass is 10.3. The van der Waals surface area contributed by atoms with E-state index in [0.717, 1.165) is 0 Å². The van der Waals surface area contributed by atoms with E-state index in [1.807, 2.05) is 0 Å². The molecule has 0 unspecified atom stereocenters. The predicted octanol–water partition coefficient (Wildman–Crippen LogP) is 3.11. The lowest BCUT2D eigenvalue weighted by Crippen LogP contribution is -2.05. The Kier molecular flexibility index (Phi) is 4.11. The van der Waals surface area contributed by atoms with Crippen LogP contribution >= 0.6 is 27.5 Å². The van der Waals surface area contributed by atoms with Crippen LogP contribution < -0.4 is 4.74 Å². The number of carboxylic acid groups (broad SMARTS) is 1. The van der Waals surface area contributed by atoms with Crippen LogP contribution in [-0.2, 0) is 13.7 Å². The van der Waals surface area contributed by atoms with Crippen LogP contribution in [0.15, 0.2) is 28.7 Å². The number of aryl methyl sites for hydroxylation is 1. The lowest BCUT2D eigenvalue weighted by Gasteiger charge is -2.05. The first kappa shape index (κ1) is 13.9. The Morgan fingerprint density at radius 3 is 2.79 bits per heavy atom. The van der Waals surface area contributed by atoms with Gasteiger partial charge in [0.1, 0.15) is 18.1 Å². The monoisotopic (exact) mass is 344 g/mol. The molecule has 7 heteroatoms. The molecule has 0 amide bonds. The molecule has 0 bridgehead atoms. The molecule has 0 aliphatic carbocycles. The molecule has 1 aromatic carbocycles. The van der Waals surface area contributed by atoms with Gasteiger partial charge in [-0.3, -0.25) is 4.68 Å². The molecule has 0 saturated carbocycles. The van der Waals surface area contributed by atoms with Crippen LogP contribution in [-0.4, -0.2) is 20.9 Å². The highest BCUT2D eigenvalue weighted by Crippen LogP contribution is 2.26. The zero-order chi connectivity index (χ0) is 14.0. The third-order valence-electron chi connectivity index (χ3n) is 2.46. The number of benzene rings is 1. The number of para-hydroxylation sites is 1. The second kappa shape index (κ2) is 5.63. The largest absolute Gasteiger partial charge is 0.486 e. The Hall–Kier alpha value is -1.53. The van der Waals surface area contributed by atoms with Crippen LogP contribution in [0, 0.1) is 0 Å². The standard InChI is InChI=1S/C12H10BrClN2O3/c1-16-11(12(17)18)10(13)8(15-16)6-19-9-5-3-2-4-7(9)14/h2-5H,6H2,1H3,(H,17,18). The number of aromatic carboxylic acids is 1.